The fourth-order valence-electron chi connectivity index (χ4n) is 3.38. The van der Waals surface area contributed by atoms with Crippen molar-refractivity contribution < 1.29 is 0 Å². The molecule has 6 heteroatoms. The van der Waals surface area contributed by atoms with Crippen molar-refractivity contribution in [2.45, 2.75) is 45.3 Å². The molecule has 0 unspecified atom stereocenters. The molecule has 1 aromatic carbocycles. The minimum absolute atomic E-state index is 0. The second-order valence-corrected chi connectivity index (χ2v) is 7.90. The molecule has 0 atom stereocenters. The average molecular weight is 498 g/mol. The van der Waals surface area contributed by atoms with Crippen LogP contribution in [0.4, 0.5) is 0 Å². The van der Waals surface area contributed by atoms with Gasteiger partial charge in [-0.25, -0.2) is 0 Å². The minimum Gasteiger partial charge on any atom is -0.352 e. The van der Waals surface area contributed by atoms with Crippen LogP contribution in [0.2, 0.25) is 0 Å². The van der Waals surface area contributed by atoms with E-state index < -0.39 is 0 Å². The normalized spacial score (nSPS) is 15.7. The maximum atomic E-state index is 4.32. The second kappa shape index (κ2) is 12.4. The van der Waals surface area contributed by atoms with Gasteiger partial charge in [0, 0.05) is 25.0 Å². The number of thiophene rings is 1. The number of halogens is 1. The smallest absolute Gasteiger partial charge is 0.191 e. The van der Waals surface area contributed by atoms with E-state index in [9.17, 15) is 0 Å². The molecule has 0 saturated carbocycles. The summed E-state index contributed by atoms with van der Waals surface area (Å²) < 4.78 is 0. The van der Waals surface area contributed by atoms with Crippen molar-refractivity contribution in [2.75, 3.05) is 20.1 Å². The predicted molar refractivity (Wildman–Crippen MR) is 127 cm³/mol. The van der Waals surface area contributed by atoms with Crippen LogP contribution in [-0.4, -0.2) is 31.0 Å². The molecule has 0 spiro atoms. The molecule has 3 rings (SSSR count). The summed E-state index contributed by atoms with van der Waals surface area (Å²) in [7, 11) is 1.82. The van der Waals surface area contributed by atoms with Crippen LogP contribution in [0.15, 0.2) is 46.8 Å². The summed E-state index contributed by atoms with van der Waals surface area (Å²) >= 11 is 1.76. The Kier molecular flexibility index (Phi) is 10.2. The first-order valence-corrected chi connectivity index (χ1v) is 10.5. The van der Waals surface area contributed by atoms with Crippen molar-refractivity contribution in [1.82, 2.24) is 15.5 Å². The lowest BCUT2D eigenvalue weighted by Crippen LogP contribution is -2.36. The second-order valence-electron chi connectivity index (χ2n) is 6.87. The van der Waals surface area contributed by atoms with Crippen LogP contribution in [0.1, 0.15) is 41.7 Å². The first-order chi connectivity index (χ1) is 12.8. The molecule has 1 aliphatic rings. The van der Waals surface area contributed by atoms with E-state index in [2.05, 4.69) is 62.3 Å². The van der Waals surface area contributed by atoms with Crippen molar-refractivity contribution in [2.24, 2.45) is 4.99 Å². The number of rotatable bonds is 6. The molecule has 148 valence electrons. The van der Waals surface area contributed by atoms with Crippen molar-refractivity contribution >= 4 is 41.3 Å². The van der Waals surface area contributed by atoms with E-state index in [1.807, 2.05) is 7.05 Å². The van der Waals surface area contributed by atoms with E-state index in [1.54, 1.807) is 11.3 Å². The van der Waals surface area contributed by atoms with E-state index in [4.69, 9.17) is 0 Å². The van der Waals surface area contributed by atoms with Gasteiger partial charge in [0.1, 0.15) is 0 Å². The van der Waals surface area contributed by atoms with Gasteiger partial charge in [-0.15, -0.1) is 35.3 Å². The number of aliphatic imine (C=N–C) groups is 1. The van der Waals surface area contributed by atoms with Gasteiger partial charge >= 0.3 is 0 Å². The van der Waals surface area contributed by atoms with Gasteiger partial charge in [0.05, 0.1) is 6.54 Å². The van der Waals surface area contributed by atoms with Gasteiger partial charge in [-0.1, -0.05) is 43.2 Å². The van der Waals surface area contributed by atoms with E-state index in [-0.39, 0.29) is 24.0 Å². The molecule has 1 saturated heterocycles. The summed E-state index contributed by atoms with van der Waals surface area (Å²) in [5.74, 6) is 0.844. The minimum atomic E-state index is 0. The Labute approximate surface area is 184 Å². The van der Waals surface area contributed by atoms with E-state index in [0.717, 1.165) is 25.6 Å². The van der Waals surface area contributed by atoms with Gasteiger partial charge in [-0.3, -0.25) is 9.89 Å². The quantitative estimate of drug-likeness (QED) is 0.347. The highest BCUT2D eigenvalue weighted by atomic mass is 127. The van der Waals surface area contributed by atoms with Crippen molar-refractivity contribution in [1.29, 1.82) is 0 Å². The zero-order valence-electron chi connectivity index (χ0n) is 16.1. The first-order valence-electron chi connectivity index (χ1n) is 9.60. The summed E-state index contributed by atoms with van der Waals surface area (Å²) in [6.07, 6.45) is 5.46. The third-order valence-electron chi connectivity index (χ3n) is 4.79. The van der Waals surface area contributed by atoms with E-state index in [1.165, 1.54) is 54.8 Å². The van der Waals surface area contributed by atoms with Crippen LogP contribution in [0.3, 0.4) is 0 Å². The lowest BCUT2D eigenvalue weighted by atomic mass is 10.1. The van der Waals surface area contributed by atoms with Crippen LogP contribution >= 0.6 is 35.3 Å². The van der Waals surface area contributed by atoms with Gasteiger partial charge < -0.3 is 10.6 Å². The van der Waals surface area contributed by atoms with Crippen LogP contribution in [-0.2, 0) is 19.6 Å². The molecule has 0 radical (unpaired) electrons. The number of nitrogens with one attached hydrogen (secondary N) is 2. The number of hydrogen-bond acceptors (Lipinski definition) is 3. The third kappa shape index (κ3) is 7.79. The SMILES string of the molecule is CN=C(NCc1cccc(CN2CCCCCC2)c1)NCc1cccs1.I. The number of nitrogens with zero attached hydrogens (tertiary/aromatic N) is 2. The number of hydrogen-bond donors (Lipinski definition) is 2. The number of guanidine groups is 1. The summed E-state index contributed by atoms with van der Waals surface area (Å²) in [6.45, 7) is 5.15. The van der Waals surface area contributed by atoms with Gasteiger partial charge in [0.2, 0.25) is 0 Å². The van der Waals surface area contributed by atoms with Gasteiger partial charge in [-0.2, -0.15) is 0 Å². The Morgan fingerprint density at radius 1 is 1.00 bits per heavy atom. The highest BCUT2D eigenvalue weighted by Crippen LogP contribution is 2.14. The lowest BCUT2D eigenvalue weighted by molar-refractivity contribution is 0.277. The topological polar surface area (TPSA) is 39.7 Å². The average Bonchev–Trinajstić information content (AvgIpc) is 3.06. The van der Waals surface area contributed by atoms with Crippen LogP contribution in [0.25, 0.3) is 0 Å². The molecule has 4 nitrogen and oxygen atoms in total. The maximum Gasteiger partial charge on any atom is 0.191 e. The summed E-state index contributed by atoms with van der Waals surface area (Å²) in [5.41, 5.74) is 2.71. The Balaban J connectivity index is 0.00000261. The van der Waals surface area contributed by atoms with Crippen LogP contribution in [0.5, 0.6) is 0 Å². The zero-order valence-corrected chi connectivity index (χ0v) is 19.3. The highest BCUT2D eigenvalue weighted by molar-refractivity contribution is 14.0. The molecule has 1 fully saturated rings. The van der Waals surface area contributed by atoms with E-state index >= 15 is 0 Å². The summed E-state index contributed by atoms with van der Waals surface area (Å²) in [4.78, 5) is 8.23. The predicted octanol–water partition coefficient (Wildman–Crippen LogP) is 4.61. The maximum absolute atomic E-state index is 4.32. The fourth-order valence-corrected chi connectivity index (χ4v) is 4.03. The van der Waals surface area contributed by atoms with Crippen LogP contribution in [0, 0.1) is 0 Å². The first kappa shape index (κ1) is 22.2. The fraction of sp³-hybridized carbons (Fsp3) is 0.476. The molecule has 2 aromatic rings. The summed E-state index contributed by atoms with van der Waals surface area (Å²) in [6, 6.07) is 13.1. The van der Waals surface area contributed by atoms with Gasteiger partial charge in [0.25, 0.3) is 0 Å². The Bertz CT molecular complexity index is 679. The third-order valence-corrected chi connectivity index (χ3v) is 5.67. The number of benzene rings is 1. The molecule has 0 amide bonds. The molecular weight excluding hydrogens is 467 g/mol. The summed E-state index contributed by atoms with van der Waals surface area (Å²) in [5, 5.41) is 8.89. The molecule has 2 N–H and O–H groups in total. The molecular formula is C21H31IN4S. The monoisotopic (exact) mass is 498 g/mol. The molecule has 1 aliphatic heterocycles. The van der Waals surface area contributed by atoms with E-state index in [0.29, 0.717) is 0 Å². The Hall–Kier alpha value is -1.12. The molecule has 27 heavy (non-hydrogen) atoms. The Morgan fingerprint density at radius 3 is 2.44 bits per heavy atom. The van der Waals surface area contributed by atoms with Crippen LogP contribution < -0.4 is 10.6 Å². The number of likely N-dealkylation sites (tertiary alicyclic amines) is 1. The lowest BCUT2D eigenvalue weighted by Gasteiger charge is -2.20. The standard InChI is InChI=1S/C21H30N4S.HI/c1-22-21(24-16-20-10-7-13-26-20)23-15-18-8-6-9-19(14-18)17-25-11-4-2-3-5-12-25;/h6-10,13-14H,2-5,11-12,15-17H2,1H3,(H2,22,23,24);1H. The highest BCUT2D eigenvalue weighted by Gasteiger charge is 2.09. The molecule has 2 heterocycles. The molecule has 1 aromatic heterocycles. The molecule has 0 aliphatic carbocycles. The van der Waals surface area contributed by atoms with Gasteiger partial charge in [0.15, 0.2) is 5.96 Å². The Morgan fingerprint density at radius 2 is 1.74 bits per heavy atom. The zero-order chi connectivity index (χ0) is 18.0. The van der Waals surface area contributed by atoms with Crippen molar-refractivity contribution in [3.63, 3.8) is 0 Å². The van der Waals surface area contributed by atoms with Crippen molar-refractivity contribution in [3.05, 3.63) is 57.8 Å². The largest absolute Gasteiger partial charge is 0.352 e. The molecule has 0 bridgehead atoms. The van der Waals surface area contributed by atoms with Gasteiger partial charge in [-0.05, 0) is 48.5 Å². The van der Waals surface area contributed by atoms with Crippen molar-refractivity contribution in [3.8, 4) is 0 Å².